The van der Waals surface area contributed by atoms with Crippen molar-refractivity contribution in [2.75, 3.05) is 0 Å². The van der Waals surface area contributed by atoms with E-state index in [0.717, 1.165) is 0 Å². The second-order valence-corrected chi connectivity index (χ2v) is 21.5. The maximum atomic E-state index is 2.65. The molecule has 5 aromatic carbocycles. The van der Waals surface area contributed by atoms with Crippen LogP contribution in [0.4, 0.5) is 0 Å². The van der Waals surface area contributed by atoms with Gasteiger partial charge in [-0.2, -0.15) is 0 Å². The van der Waals surface area contributed by atoms with Gasteiger partial charge in [0.05, 0.1) is 0 Å². The topological polar surface area (TPSA) is 0 Å². The Hall–Kier alpha value is -3.12. The number of hydrogen-bond acceptors (Lipinski definition) is 0. The molecule has 0 saturated carbocycles. The Bertz CT molecular complexity index is 2180. The van der Waals surface area contributed by atoms with Crippen LogP contribution < -0.4 is 28.3 Å². The fraction of sp³-hybridized carbons (Fsp3) is 0.333. The molecule has 256 valence electrons. The molecule has 50 heavy (non-hydrogen) atoms. The number of benzene rings is 5. The molecule has 0 radical (unpaired) electrons. The van der Waals surface area contributed by atoms with Crippen molar-refractivity contribution in [1.82, 2.24) is 0 Å². The van der Waals surface area contributed by atoms with Crippen LogP contribution in [0.5, 0.6) is 0 Å². The second kappa shape index (κ2) is 12.2. The monoisotopic (exact) mass is 788 g/mol. The molecule has 0 atom stereocenters. The summed E-state index contributed by atoms with van der Waals surface area (Å²) in [4.78, 5) is 0. The molecule has 0 aromatic heterocycles. The van der Waals surface area contributed by atoms with Gasteiger partial charge in [0, 0.05) is 0 Å². The Balaban J connectivity index is 1.67. The van der Waals surface area contributed by atoms with Gasteiger partial charge in [0.15, 0.2) is 0 Å². The summed E-state index contributed by atoms with van der Waals surface area (Å²) < 4.78 is 6.07. The van der Waals surface area contributed by atoms with Crippen LogP contribution in [0, 0.1) is 55.4 Å². The molecule has 0 aliphatic carbocycles. The van der Waals surface area contributed by atoms with Crippen molar-refractivity contribution in [2.24, 2.45) is 0 Å². The molecule has 0 N–H and O–H groups in total. The van der Waals surface area contributed by atoms with Crippen LogP contribution in [0.2, 0.25) is 0 Å². The van der Waals surface area contributed by atoms with Crippen LogP contribution in [0.1, 0.15) is 119 Å². The van der Waals surface area contributed by atoms with Crippen LogP contribution in [0.25, 0.3) is 11.1 Å². The summed E-state index contributed by atoms with van der Waals surface area (Å²) in [6.45, 7) is 32.6. The van der Waals surface area contributed by atoms with Gasteiger partial charge in [-0.15, -0.1) is 0 Å². The number of aryl methyl sites for hydroxylation is 4. The Morgan fingerprint density at radius 3 is 1.00 bits per heavy atom. The zero-order valence-electron chi connectivity index (χ0n) is 32.6. The molecule has 0 nitrogen and oxygen atoms in total. The molecule has 0 bridgehead atoms. The first-order chi connectivity index (χ1) is 23.4. The van der Waals surface area contributed by atoms with Gasteiger partial charge < -0.3 is 0 Å². The third kappa shape index (κ3) is 5.72. The summed E-state index contributed by atoms with van der Waals surface area (Å²) in [6, 6.07) is 24.9. The van der Waals surface area contributed by atoms with E-state index in [0.29, 0.717) is 0 Å². The van der Waals surface area contributed by atoms with Gasteiger partial charge in [-0.3, -0.25) is 0 Å². The van der Waals surface area contributed by atoms with E-state index in [1.165, 1.54) is 117 Å². The normalized spacial score (nSPS) is 14.0. The minimum absolute atomic E-state index is 0.102. The zero-order chi connectivity index (χ0) is 36.2. The van der Waals surface area contributed by atoms with Gasteiger partial charge in [0.2, 0.25) is 0 Å². The number of fused-ring (bicyclic) bond motifs is 4. The van der Waals surface area contributed by atoms with E-state index in [2.05, 4.69) is 158 Å². The van der Waals surface area contributed by atoms with Gasteiger partial charge in [-0.05, 0) is 0 Å². The predicted octanol–water partition coefficient (Wildman–Crippen LogP) is 7.18. The quantitative estimate of drug-likeness (QED) is 0.163. The molecular weight excluding hydrogens is 734 g/mol. The molecule has 0 saturated heterocycles. The van der Waals surface area contributed by atoms with Crippen LogP contribution in [-0.4, -0.2) is 29.9 Å². The zero-order valence-corrected chi connectivity index (χ0v) is 36.0. The molecule has 2 aliphatic rings. The van der Waals surface area contributed by atoms with E-state index < -0.39 is 0 Å². The molecule has 5 aromatic rings. The number of hydrogen-bond donors (Lipinski definition) is 0. The van der Waals surface area contributed by atoms with E-state index >= 15 is 0 Å². The van der Waals surface area contributed by atoms with Crippen molar-refractivity contribution in [3.05, 3.63) is 149 Å². The van der Waals surface area contributed by atoms with Gasteiger partial charge in [-0.25, -0.2) is 0 Å². The molecule has 2 aliphatic heterocycles. The molecule has 0 spiro atoms. The van der Waals surface area contributed by atoms with Crippen molar-refractivity contribution < 1.29 is 0 Å². The Labute approximate surface area is 313 Å². The van der Waals surface area contributed by atoms with Crippen molar-refractivity contribution in [3.8, 4) is 0 Å². The van der Waals surface area contributed by atoms with Gasteiger partial charge in [0.25, 0.3) is 0 Å². The Kier molecular flexibility index (Phi) is 8.64. The van der Waals surface area contributed by atoms with Crippen molar-refractivity contribution >= 4 is 58.9 Å². The summed E-state index contributed by atoms with van der Waals surface area (Å²) in [5.41, 5.74) is 22.8. The first-order valence-corrected chi connectivity index (χ1v) is 21.5. The van der Waals surface area contributed by atoms with Gasteiger partial charge in [0.1, 0.15) is 0 Å². The minimum atomic E-state index is 0.102. The second-order valence-electron chi connectivity index (χ2n) is 17.0. The van der Waals surface area contributed by atoms with Crippen LogP contribution >= 0.6 is 0 Å². The van der Waals surface area contributed by atoms with Gasteiger partial charge in [-0.1, -0.05) is 0 Å². The van der Waals surface area contributed by atoms with E-state index in [4.69, 9.17) is 0 Å². The molecular formula is C48H52Se2. The fourth-order valence-corrected chi connectivity index (χ4v) is 12.8. The summed E-state index contributed by atoms with van der Waals surface area (Å²) >= 11 is 0.373. The molecule has 0 amide bonds. The van der Waals surface area contributed by atoms with Crippen LogP contribution in [-0.2, 0) is 10.8 Å². The van der Waals surface area contributed by atoms with Crippen LogP contribution in [0.15, 0.2) is 60.7 Å². The summed E-state index contributed by atoms with van der Waals surface area (Å²) in [5.74, 6) is 0. The molecule has 7 rings (SSSR count). The fourth-order valence-electron chi connectivity index (χ4n) is 7.93. The van der Waals surface area contributed by atoms with E-state index in [1.807, 2.05) is 0 Å². The van der Waals surface area contributed by atoms with E-state index in [-0.39, 0.29) is 40.7 Å². The SMILES string of the molecule is Cc1cc(C)c(C)c(C2=c3cc4c(cc3[Se]c3cc(C(C)(C)C)ccc32)=C(c2c(C)c(C)cc(C)c2C)c2ccc(C(C)(C)C)cc2[Se]4)c1C. The first-order valence-electron chi connectivity index (χ1n) is 18.1. The van der Waals surface area contributed by atoms with Crippen LogP contribution in [0.3, 0.4) is 0 Å². The standard InChI is InChI=1S/C48H52Se2/c1-25-19-26(2)30(6)43(29(25)5)45-35-17-15-33(47(9,10)11)21-39(35)49-41-24-38-42(23-37(41)45)50-40-22-34(48(12,13)14)16-18-36(40)46(38)44-31(7)27(3)20-28(4)32(44)8/h15-24H,1-14H3. The van der Waals surface area contributed by atoms with E-state index in [9.17, 15) is 0 Å². The average molecular weight is 787 g/mol. The predicted molar refractivity (Wildman–Crippen MR) is 220 cm³/mol. The first kappa shape index (κ1) is 35.3. The Morgan fingerprint density at radius 2 is 0.700 bits per heavy atom. The van der Waals surface area contributed by atoms with Gasteiger partial charge >= 0.3 is 316 Å². The van der Waals surface area contributed by atoms with E-state index in [1.54, 1.807) is 0 Å². The van der Waals surface area contributed by atoms with Crippen molar-refractivity contribution in [3.63, 3.8) is 0 Å². The third-order valence-electron chi connectivity index (χ3n) is 11.5. The average Bonchev–Trinajstić information content (AvgIpc) is 3.04. The Morgan fingerprint density at radius 1 is 0.380 bits per heavy atom. The third-order valence-corrected chi connectivity index (χ3v) is 16.2. The summed E-state index contributed by atoms with van der Waals surface area (Å²) in [6.07, 6.45) is 0. The summed E-state index contributed by atoms with van der Waals surface area (Å²) in [7, 11) is 0. The maximum absolute atomic E-state index is 2.65. The molecule has 0 unspecified atom stereocenters. The molecule has 2 heteroatoms. The van der Waals surface area contributed by atoms with Crippen molar-refractivity contribution in [1.29, 1.82) is 0 Å². The molecule has 0 fully saturated rings. The van der Waals surface area contributed by atoms with Crippen molar-refractivity contribution in [2.45, 2.75) is 108 Å². The number of rotatable bonds is 2. The molecule has 2 heterocycles. The summed E-state index contributed by atoms with van der Waals surface area (Å²) in [5, 5.41) is 2.92.